The van der Waals surface area contributed by atoms with Gasteiger partial charge in [-0.3, -0.25) is 0 Å². The van der Waals surface area contributed by atoms with E-state index in [1.54, 1.807) is 12.5 Å². The average Bonchev–Trinajstić information content (AvgIpc) is 2.54. The summed E-state index contributed by atoms with van der Waals surface area (Å²) in [4.78, 5) is 17.6. The minimum Gasteiger partial charge on any atom is -0.356 e. The van der Waals surface area contributed by atoms with Gasteiger partial charge in [0.15, 0.2) is 0 Å². The zero-order valence-corrected chi connectivity index (χ0v) is 15.5. The number of aromatic nitrogens is 3. The predicted molar refractivity (Wildman–Crippen MR) is 97.4 cm³/mol. The van der Waals surface area contributed by atoms with Crippen LogP contribution in [0, 0.1) is 6.92 Å². The molecule has 23 heavy (non-hydrogen) atoms. The molecule has 1 aliphatic rings. The Balaban J connectivity index is 1.66. The van der Waals surface area contributed by atoms with Gasteiger partial charge in [-0.05, 0) is 41.8 Å². The minimum absolute atomic E-state index is 0.478. The molecule has 0 N–H and O–H groups in total. The van der Waals surface area contributed by atoms with E-state index in [9.17, 15) is 0 Å². The molecule has 7 heteroatoms. The largest absolute Gasteiger partial charge is 0.356 e. The first-order valence-corrected chi connectivity index (χ1v) is 8.79. The van der Waals surface area contributed by atoms with Gasteiger partial charge >= 0.3 is 0 Å². The Morgan fingerprint density at radius 2 is 1.96 bits per heavy atom. The van der Waals surface area contributed by atoms with Crippen LogP contribution in [0.2, 0.25) is 5.02 Å². The summed E-state index contributed by atoms with van der Waals surface area (Å²) in [5.74, 6) is 1.95. The predicted octanol–water partition coefficient (Wildman–Crippen LogP) is 3.70. The second kappa shape index (κ2) is 7.01. The van der Waals surface area contributed by atoms with E-state index in [2.05, 4.69) is 47.7 Å². The molecule has 0 spiro atoms. The van der Waals surface area contributed by atoms with E-state index in [1.807, 2.05) is 19.1 Å². The number of halogens is 2. The van der Waals surface area contributed by atoms with E-state index in [1.165, 1.54) is 0 Å². The molecule has 2 aromatic rings. The number of pyridine rings is 1. The molecule has 0 aromatic carbocycles. The lowest BCUT2D eigenvalue weighted by Gasteiger charge is -2.38. The van der Waals surface area contributed by atoms with Gasteiger partial charge in [0, 0.05) is 44.1 Å². The summed E-state index contributed by atoms with van der Waals surface area (Å²) in [5.41, 5.74) is 0.994. The van der Waals surface area contributed by atoms with Gasteiger partial charge in [-0.1, -0.05) is 11.6 Å². The Labute approximate surface area is 149 Å². The summed E-state index contributed by atoms with van der Waals surface area (Å²) < 4.78 is 0.947. The summed E-state index contributed by atoms with van der Waals surface area (Å²) in [6.07, 6.45) is 5.46. The maximum Gasteiger partial charge on any atom is 0.142 e. The number of hydrogen-bond acceptors (Lipinski definition) is 5. The Morgan fingerprint density at radius 3 is 2.61 bits per heavy atom. The van der Waals surface area contributed by atoms with E-state index >= 15 is 0 Å². The van der Waals surface area contributed by atoms with Crippen LogP contribution in [0.3, 0.4) is 0 Å². The number of hydrogen-bond donors (Lipinski definition) is 0. The van der Waals surface area contributed by atoms with Gasteiger partial charge in [0.25, 0.3) is 0 Å². The quantitative estimate of drug-likeness (QED) is 0.791. The summed E-state index contributed by atoms with van der Waals surface area (Å²) in [6, 6.07) is 4.40. The maximum absolute atomic E-state index is 5.97. The van der Waals surface area contributed by atoms with Gasteiger partial charge in [0.2, 0.25) is 0 Å². The van der Waals surface area contributed by atoms with Crippen molar-refractivity contribution in [2.24, 2.45) is 0 Å². The van der Waals surface area contributed by atoms with Crippen LogP contribution in [0.5, 0.6) is 0 Å². The molecule has 3 heterocycles. The van der Waals surface area contributed by atoms with Crippen LogP contribution in [-0.2, 0) is 0 Å². The van der Waals surface area contributed by atoms with Gasteiger partial charge < -0.3 is 9.80 Å². The number of anilines is 2. The molecule has 0 amide bonds. The first kappa shape index (κ1) is 16.5. The van der Waals surface area contributed by atoms with Crippen LogP contribution in [0.15, 0.2) is 29.1 Å². The van der Waals surface area contributed by atoms with E-state index in [4.69, 9.17) is 11.6 Å². The average molecular weight is 397 g/mol. The molecule has 3 rings (SSSR count). The summed E-state index contributed by atoms with van der Waals surface area (Å²) in [7, 11) is 2.11. The molecular formula is C16H19BrClN5. The highest BCUT2D eigenvalue weighted by Gasteiger charge is 2.25. The summed E-state index contributed by atoms with van der Waals surface area (Å²) >= 11 is 9.53. The molecule has 1 aliphatic heterocycles. The zero-order valence-electron chi connectivity index (χ0n) is 13.2. The normalized spacial score (nSPS) is 15.7. The number of piperidine rings is 1. The van der Waals surface area contributed by atoms with Gasteiger partial charge in [0.05, 0.1) is 9.50 Å². The second-order valence-electron chi connectivity index (χ2n) is 5.81. The van der Waals surface area contributed by atoms with Crippen molar-refractivity contribution in [3.8, 4) is 0 Å². The van der Waals surface area contributed by atoms with Crippen molar-refractivity contribution in [1.82, 2.24) is 15.0 Å². The molecule has 5 nitrogen and oxygen atoms in total. The van der Waals surface area contributed by atoms with Crippen molar-refractivity contribution in [3.05, 3.63) is 39.8 Å². The van der Waals surface area contributed by atoms with Gasteiger partial charge in [-0.2, -0.15) is 0 Å². The minimum atomic E-state index is 0.478. The lowest BCUT2D eigenvalue weighted by Crippen LogP contribution is -2.44. The van der Waals surface area contributed by atoms with E-state index < -0.39 is 0 Å². The van der Waals surface area contributed by atoms with Crippen LogP contribution >= 0.6 is 27.5 Å². The van der Waals surface area contributed by atoms with Crippen molar-refractivity contribution < 1.29 is 0 Å². The SMILES string of the molecule is Cc1cc(N(C)C2CCN(c3ncc(Cl)cc3Br)CC2)ncn1. The third-order valence-electron chi connectivity index (χ3n) is 4.25. The van der Waals surface area contributed by atoms with Crippen LogP contribution in [0.4, 0.5) is 11.6 Å². The van der Waals surface area contributed by atoms with Gasteiger partial charge in [-0.15, -0.1) is 0 Å². The molecule has 0 unspecified atom stereocenters. The third-order valence-corrected chi connectivity index (χ3v) is 5.04. The lowest BCUT2D eigenvalue weighted by atomic mass is 10.0. The van der Waals surface area contributed by atoms with Crippen LogP contribution in [0.25, 0.3) is 0 Å². The number of rotatable bonds is 3. The fourth-order valence-corrected chi connectivity index (χ4v) is 3.81. The Bertz CT molecular complexity index is 688. The van der Waals surface area contributed by atoms with Crippen molar-refractivity contribution >= 4 is 39.2 Å². The molecule has 0 bridgehead atoms. The summed E-state index contributed by atoms with van der Waals surface area (Å²) in [6.45, 7) is 3.92. The monoisotopic (exact) mass is 395 g/mol. The summed E-state index contributed by atoms with van der Waals surface area (Å²) in [5, 5.41) is 0.648. The molecule has 0 saturated carbocycles. The number of aryl methyl sites for hydroxylation is 1. The van der Waals surface area contributed by atoms with Crippen LogP contribution < -0.4 is 9.80 Å². The fourth-order valence-electron chi connectivity index (χ4n) is 2.93. The van der Waals surface area contributed by atoms with E-state index in [0.29, 0.717) is 11.1 Å². The van der Waals surface area contributed by atoms with Gasteiger partial charge in [0.1, 0.15) is 18.0 Å². The van der Waals surface area contributed by atoms with Gasteiger partial charge in [-0.25, -0.2) is 15.0 Å². The Hall–Kier alpha value is -1.40. The van der Waals surface area contributed by atoms with Crippen LogP contribution in [-0.4, -0.2) is 41.1 Å². The lowest BCUT2D eigenvalue weighted by molar-refractivity contribution is 0.477. The first-order chi connectivity index (χ1) is 11.0. The van der Waals surface area contributed by atoms with Crippen molar-refractivity contribution in [2.45, 2.75) is 25.8 Å². The Kier molecular flexibility index (Phi) is 5.02. The van der Waals surface area contributed by atoms with E-state index in [-0.39, 0.29) is 0 Å². The molecule has 2 aromatic heterocycles. The maximum atomic E-state index is 5.97. The first-order valence-electron chi connectivity index (χ1n) is 7.62. The molecule has 1 fully saturated rings. The van der Waals surface area contributed by atoms with Crippen molar-refractivity contribution in [2.75, 3.05) is 29.9 Å². The van der Waals surface area contributed by atoms with Crippen LogP contribution in [0.1, 0.15) is 18.5 Å². The molecule has 0 aliphatic carbocycles. The topological polar surface area (TPSA) is 45.2 Å². The highest BCUT2D eigenvalue weighted by Crippen LogP contribution is 2.30. The molecule has 1 saturated heterocycles. The molecule has 0 atom stereocenters. The van der Waals surface area contributed by atoms with Crippen molar-refractivity contribution in [3.63, 3.8) is 0 Å². The standard InChI is InChI=1S/C16H19BrClN5/c1-11-7-15(21-10-20-11)22(2)13-3-5-23(6-4-13)16-14(17)8-12(18)9-19-16/h7-10,13H,3-6H2,1-2H3. The molecule has 122 valence electrons. The molecular weight excluding hydrogens is 378 g/mol. The van der Waals surface area contributed by atoms with E-state index in [0.717, 1.165) is 47.7 Å². The second-order valence-corrected chi connectivity index (χ2v) is 7.10. The number of nitrogens with zero attached hydrogens (tertiary/aromatic N) is 5. The highest BCUT2D eigenvalue weighted by molar-refractivity contribution is 9.10. The third kappa shape index (κ3) is 3.75. The molecule has 0 radical (unpaired) electrons. The fraction of sp³-hybridized carbons (Fsp3) is 0.438. The zero-order chi connectivity index (χ0) is 16.4. The smallest absolute Gasteiger partial charge is 0.142 e. The highest BCUT2D eigenvalue weighted by atomic mass is 79.9. The van der Waals surface area contributed by atoms with Crippen molar-refractivity contribution in [1.29, 1.82) is 0 Å². The Morgan fingerprint density at radius 1 is 1.22 bits per heavy atom.